The van der Waals surface area contributed by atoms with Gasteiger partial charge in [0.05, 0.1) is 0 Å². The van der Waals surface area contributed by atoms with E-state index in [9.17, 15) is 0 Å². The molecule has 2 aromatic rings. The largest absolute Gasteiger partial charge is 0.361 e. The van der Waals surface area contributed by atoms with Crippen molar-refractivity contribution < 1.29 is 0 Å². The summed E-state index contributed by atoms with van der Waals surface area (Å²) in [7, 11) is 4.12. The van der Waals surface area contributed by atoms with Crippen LogP contribution in [0.5, 0.6) is 0 Å². The molecule has 0 aliphatic rings. The number of aromatic nitrogens is 2. The smallest absolute Gasteiger partial charge is 0.108 e. The van der Waals surface area contributed by atoms with E-state index in [0.29, 0.717) is 0 Å². The van der Waals surface area contributed by atoms with Crippen molar-refractivity contribution in [3.63, 3.8) is 0 Å². The van der Waals surface area contributed by atoms with Crippen molar-refractivity contribution in [1.82, 2.24) is 14.9 Å². The number of halogens is 1. The van der Waals surface area contributed by atoms with Crippen molar-refractivity contribution in [3.8, 4) is 0 Å². The predicted molar refractivity (Wildman–Crippen MR) is 61.2 cm³/mol. The van der Waals surface area contributed by atoms with E-state index in [1.165, 1.54) is 10.9 Å². The number of nitrogens with one attached hydrogen (secondary N) is 1. The zero-order valence-electron chi connectivity index (χ0n) is 8.21. The summed E-state index contributed by atoms with van der Waals surface area (Å²) in [6, 6.07) is 1.99. The van der Waals surface area contributed by atoms with E-state index in [0.717, 1.165) is 16.7 Å². The summed E-state index contributed by atoms with van der Waals surface area (Å²) in [5, 5.41) is 1.20. The summed E-state index contributed by atoms with van der Waals surface area (Å²) in [6.45, 7) is 0.934. The predicted octanol–water partition coefficient (Wildman–Crippen LogP) is 2.39. The summed E-state index contributed by atoms with van der Waals surface area (Å²) in [5.41, 5.74) is 2.41. The van der Waals surface area contributed by atoms with E-state index in [4.69, 9.17) is 0 Å². The summed E-state index contributed by atoms with van der Waals surface area (Å²) >= 11 is 3.35. The van der Waals surface area contributed by atoms with Gasteiger partial charge in [-0.3, -0.25) is 0 Å². The number of nitrogens with zero attached hydrogens (tertiary/aromatic N) is 2. The normalized spacial score (nSPS) is 11.4. The highest BCUT2D eigenvalue weighted by Crippen LogP contribution is 2.20. The number of H-pyrrole nitrogens is 1. The number of rotatable bonds is 2. The lowest BCUT2D eigenvalue weighted by Crippen LogP contribution is -2.10. The summed E-state index contributed by atoms with van der Waals surface area (Å²) in [4.78, 5) is 9.61. The minimum absolute atomic E-state index is 0.864. The first-order chi connectivity index (χ1) is 6.66. The maximum Gasteiger partial charge on any atom is 0.108 e. The Morgan fingerprint density at radius 2 is 2.29 bits per heavy atom. The van der Waals surface area contributed by atoms with Crippen molar-refractivity contribution in [3.05, 3.63) is 28.6 Å². The van der Waals surface area contributed by atoms with Crippen LogP contribution in [-0.4, -0.2) is 29.0 Å². The van der Waals surface area contributed by atoms with Gasteiger partial charge in [-0.2, -0.15) is 0 Å². The molecular weight excluding hydrogens is 242 g/mol. The topological polar surface area (TPSA) is 31.9 Å². The van der Waals surface area contributed by atoms with Gasteiger partial charge in [0.1, 0.15) is 4.60 Å². The first-order valence-electron chi connectivity index (χ1n) is 4.43. The van der Waals surface area contributed by atoms with E-state index < -0.39 is 0 Å². The maximum atomic E-state index is 4.23. The third kappa shape index (κ3) is 1.81. The monoisotopic (exact) mass is 253 g/mol. The standard InChI is InChI=1S/C10H12BrN3/c1-14(2)6-7-4-12-9-3-10(11)13-5-8(7)9/h3-5,12H,6H2,1-2H3. The minimum atomic E-state index is 0.864. The van der Waals surface area contributed by atoms with Gasteiger partial charge in [0, 0.05) is 29.8 Å². The summed E-state index contributed by atoms with van der Waals surface area (Å²) in [6.07, 6.45) is 3.94. The summed E-state index contributed by atoms with van der Waals surface area (Å²) < 4.78 is 0.864. The van der Waals surface area contributed by atoms with Crippen LogP contribution in [0, 0.1) is 0 Å². The number of pyridine rings is 1. The molecule has 1 N–H and O–H groups in total. The second-order valence-electron chi connectivity index (χ2n) is 3.60. The quantitative estimate of drug-likeness (QED) is 0.834. The van der Waals surface area contributed by atoms with Crippen molar-refractivity contribution in [2.75, 3.05) is 14.1 Å². The first kappa shape index (κ1) is 9.68. The fraction of sp³-hybridized carbons (Fsp3) is 0.300. The molecule has 14 heavy (non-hydrogen) atoms. The zero-order valence-corrected chi connectivity index (χ0v) is 9.80. The second kappa shape index (κ2) is 3.71. The molecule has 2 aromatic heterocycles. The van der Waals surface area contributed by atoms with Crippen molar-refractivity contribution >= 4 is 26.8 Å². The van der Waals surface area contributed by atoms with Gasteiger partial charge in [0.25, 0.3) is 0 Å². The van der Waals surface area contributed by atoms with Crippen LogP contribution in [0.25, 0.3) is 10.9 Å². The van der Waals surface area contributed by atoms with E-state index in [2.05, 4.69) is 44.9 Å². The van der Waals surface area contributed by atoms with Crippen LogP contribution in [0.4, 0.5) is 0 Å². The fourth-order valence-electron chi connectivity index (χ4n) is 1.52. The van der Waals surface area contributed by atoms with Gasteiger partial charge in [-0.25, -0.2) is 4.98 Å². The van der Waals surface area contributed by atoms with Crippen LogP contribution < -0.4 is 0 Å². The van der Waals surface area contributed by atoms with Crippen LogP contribution in [0.15, 0.2) is 23.1 Å². The molecule has 2 heterocycles. The molecule has 0 unspecified atom stereocenters. The fourth-order valence-corrected chi connectivity index (χ4v) is 1.85. The molecule has 3 nitrogen and oxygen atoms in total. The van der Waals surface area contributed by atoms with E-state index in [1.54, 1.807) is 0 Å². The van der Waals surface area contributed by atoms with Crippen molar-refractivity contribution in [2.45, 2.75) is 6.54 Å². The molecule has 4 heteroatoms. The van der Waals surface area contributed by atoms with E-state index in [-0.39, 0.29) is 0 Å². The van der Waals surface area contributed by atoms with Crippen LogP contribution in [0.2, 0.25) is 0 Å². The number of aromatic amines is 1. The number of hydrogen-bond donors (Lipinski definition) is 1. The van der Waals surface area contributed by atoms with Gasteiger partial charge >= 0.3 is 0 Å². The van der Waals surface area contributed by atoms with Crippen LogP contribution in [0.1, 0.15) is 5.56 Å². The van der Waals surface area contributed by atoms with Crippen molar-refractivity contribution in [1.29, 1.82) is 0 Å². The van der Waals surface area contributed by atoms with Gasteiger partial charge in [-0.05, 0) is 41.7 Å². The lowest BCUT2D eigenvalue weighted by atomic mass is 10.2. The molecule has 0 fully saturated rings. The Morgan fingerprint density at radius 3 is 3.00 bits per heavy atom. The van der Waals surface area contributed by atoms with Gasteiger partial charge < -0.3 is 9.88 Å². The third-order valence-electron chi connectivity index (χ3n) is 2.11. The minimum Gasteiger partial charge on any atom is -0.361 e. The Kier molecular flexibility index (Phi) is 2.56. The molecule has 0 aliphatic carbocycles. The highest BCUT2D eigenvalue weighted by Gasteiger charge is 2.04. The average Bonchev–Trinajstić information content (AvgIpc) is 2.47. The van der Waals surface area contributed by atoms with Crippen molar-refractivity contribution in [2.24, 2.45) is 0 Å². The van der Waals surface area contributed by atoms with Crippen LogP contribution >= 0.6 is 15.9 Å². The number of fused-ring (bicyclic) bond motifs is 1. The lowest BCUT2D eigenvalue weighted by molar-refractivity contribution is 0.404. The number of hydrogen-bond acceptors (Lipinski definition) is 2. The molecule has 0 atom stereocenters. The molecule has 74 valence electrons. The van der Waals surface area contributed by atoms with E-state index >= 15 is 0 Å². The molecule has 0 aliphatic heterocycles. The molecule has 0 bridgehead atoms. The Morgan fingerprint density at radius 1 is 1.50 bits per heavy atom. The Labute approximate surface area is 91.3 Å². The SMILES string of the molecule is CN(C)Cc1c[nH]c2cc(Br)ncc12. The molecule has 0 radical (unpaired) electrons. The van der Waals surface area contributed by atoms with Gasteiger partial charge in [-0.15, -0.1) is 0 Å². The zero-order chi connectivity index (χ0) is 10.1. The van der Waals surface area contributed by atoms with Crippen LogP contribution in [0.3, 0.4) is 0 Å². The molecule has 0 aromatic carbocycles. The lowest BCUT2D eigenvalue weighted by Gasteiger charge is -2.07. The molecule has 0 saturated heterocycles. The molecule has 0 spiro atoms. The maximum absolute atomic E-state index is 4.23. The summed E-state index contributed by atoms with van der Waals surface area (Å²) in [5.74, 6) is 0. The van der Waals surface area contributed by atoms with Gasteiger partial charge in [-0.1, -0.05) is 0 Å². The van der Waals surface area contributed by atoms with Gasteiger partial charge in [0.15, 0.2) is 0 Å². The highest BCUT2D eigenvalue weighted by atomic mass is 79.9. The highest BCUT2D eigenvalue weighted by molar-refractivity contribution is 9.10. The Hall–Kier alpha value is -0.870. The average molecular weight is 254 g/mol. The molecule has 0 amide bonds. The molecule has 2 rings (SSSR count). The van der Waals surface area contributed by atoms with Gasteiger partial charge in [0.2, 0.25) is 0 Å². The van der Waals surface area contributed by atoms with Crippen LogP contribution in [-0.2, 0) is 6.54 Å². The van der Waals surface area contributed by atoms with E-state index in [1.807, 2.05) is 18.5 Å². The molecule has 0 saturated carbocycles. The first-order valence-corrected chi connectivity index (χ1v) is 5.22. The molecular formula is C10H12BrN3. The third-order valence-corrected chi connectivity index (χ3v) is 2.54. The Bertz CT molecular complexity index is 448. The Balaban J connectivity index is 2.47. The second-order valence-corrected chi connectivity index (χ2v) is 4.42.